The molecule has 4 aliphatic rings. The van der Waals surface area contributed by atoms with Gasteiger partial charge in [0, 0.05) is 61.9 Å². The Morgan fingerprint density at radius 2 is 1.59 bits per heavy atom. The fourth-order valence-electron chi connectivity index (χ4n) is 11.5. The predicted molar refractivity (Wildman–Crippen MR) is 259 cm³/mol. The number of ether oxygens (including phenoxy) is 8. The van der Waals surface area contributed by atoms with Crippen molar-refractivity contribution in [3.8, 4) is 0 Å². The van der Waals surface area contributed by atoms with Crippen molar-refractivity contribution >= 4 is 52.0 Å². The SMILES string of the molecule is CC[C@H]1OC(=O)[C@H](C)[C@@H](O[C@H]2C[C@@](C)(OC)[C@@H](O)[C@@H](C)O2)[C@H](C)[C@@H](O[C@@H]2O[C@H](C)C[C@H](N(C)C)[C@H]2O)[C@](C)(OC)C[C@@H](C)C(=O)[C@@H](C)C2C(SCC(=O)Nc3cccc4cccnc34)C(=O)O[C@@]21C. The Labute approximate surface area is 411 Å². The number of para-hydroxylation sites is 1. The molecule has 19 atom stereocenters. The Balaban J connectivity index is 1.40. The van der Waals surface area contributed by atoms with Crippen molar-refractivity contribution in [1.82, 2.24) is 9.88 Å². The van der Waals surface area contributed by atoms with E-state index < -0.39 is 113 Å². The van der Waals surface area contributed by atoms with Crippen LogP contribution in [-0.4, -0.2) is 161 Å². The number of esters is 2. The molecule has 3 N–H and O–H groups in total. The maximum Gasteiger partial charge on any atom is 0.320 e. The lowest BCUT2D eigenvalue weighted by molar-refractivity contribution is -0.319. The van der Waals surface area contributed by atoms with E-state index in [4.69, 9.17) is 37.9 Å². The summed E-state index contributed by atoms with van der Waals surface area (Å²) in [5.41, 5.74) is -2.74. The van der Waals surface area contributed by atoms with Crippen molar-refractivity contribution in [3.63, 3.8) is 0 Å². The molecule has 1 aromatic carbocycles. The molecular formula is C51H77N3O14S. The molecule has 0 spiro atoms. The molecule has 0 bridgehead atoms. The highest BCUT2D eigenvalue weighted by Gasteiger charge is 2.62. The molecule has 1 amide bonds. The summed E-state index contributed by atoms with van der Waals surface area (Å²) in [5.74, 6) is -6.24. The molecule has 5 heterocycles. The van der Waals surface area contributed by atoms with Crippen LogP contribution in [0.1, 0.15) is 94.9 Å². The summed E-state index contributed by atoms with van der Waals surface area (Å²) in [7, 11) is 6.80. The highest BCUT2D eigenvalue weighted by atomic mass is 32.2. The van der Waals surface area contributed by atoms with Crippen LogP contribution >= 0.6 is 11.8 Å². The zero-order valence-corrected chi connectivity index (χ0v) is 43.6. The molecule has 0 aliphatic carbocycles. The fourth-order valence-corrected chi connectivity index (χ4v) is 12.8. The van der Waals surface area contributed by atoms with Gasteiger partial charge in [-0.2, -0.15) is 0 Å². The number of benzene rings is 1. The van der Waals surface area contributed by atoms with Gasteiger partial charge in [0.1, 0.15) is 29.3 Å². The van der Waals surface area contributed by atoms with E-state index in [-0.39, 0.29) is 48.9 Å². The average Bonchev–Trinajstić information content (AvgIpc) is 3.58. The van der Waals surface area contributed by atoms with Gasteiger partial charge in [-0.05, 0) is 87.0 Å². The summed E-state index contributed by atoms with van der Waals surface area (Å²) in [4.78, 5) is 64.3. The first-order chi connectivity index (χ1) is 32.4. The van der Waals surface area contributed by atoms with Crippen molar-refractivity contribution in [2.45, 2.75) is 178 Å². The maximum absolute atomic E-state index is 15.1. The number of hydrogen-bond donors (Lipinski definition) is 3. The van der Waals surface area contributed by atoms with E-state index in [0.29, 0.717) is 17.6 Å². The molecule has 0 saturated carbocycles. The molecule has 17 nitrogen and oxygen atoms in total. The highest BCUT2D eigenvalue weighted by molar-refractivity contribution is 8.01. The molecule has 4 fully saturated rings. The number of nitrogens with zero attached hydrogens (tertiary/aromatic N) is 2. The number of anilines is 1. The van der Waals surface area contributed by atoms with E-state index >= 15 is 4.79 Å². The third kappa shape index (κ3) is 11.3. The van der Waals surface area contributed by atoms with Crippen LogP contribution in [0.2, 0.25) is 0 Å². The van der Waals surface area contributed by atoms with Crippen LogP contribution in [0.4, 0.5) is 5.69 Å². The Bertz CT molecular complexity index is 2130. The zero-order valence-electron chi connectivity index (χ0n) is 42.8. The molecule has 2 aromatic rings. The molecule has 1 aromatic heterocycles. The number of cyclic esters (lactones) is 1. The van der Waals surface area contributed by atoms with Crippen molar-refractivity contribution in [2.75, 3.05) is 39.4 Å². The molecule has 4 saturated heterocycles. The fraction of sp³-hybridized carbons (Fsp3) is 0.745. The Morgan fingerprint density at radius 3 is 2.25 bits per heavy atom. The second kappa shape index (κ2) is 22.2. The smallest absolute Gasteiger partial charge is 0.320 e. The number of aromatic nitrogens is 1. The van der Waals surface area contributed by atoms with E-state index in [1.165, 1.54) is 14.2 Å². The van der Waals surface area contributed by atoms with E-state index in [2.05, 4.69) is 10.3 Å². The molecular weight excluding hydrogens is 911 g/mol. The number of rotatable bonds is 12. The Hall–Kier alpha value is -3.30. The van der Waals surface area contributed by atoms with Crippen molar-refractivity contribution in [1.29, 1.82) is 0 Å². The van der Waals surface area contributed by atoms with Crippen LogP contribution in [0.25, 0.3) is 10.9 Å². The van der Waals surface area contributed by atoms with Gasteiger partial charge in [-0.25, -0.2) is 0 Å². The van der Waals surface area contributed by atoms with Crippen LogP contribution in [-0.2, 0) is 57.1 Å². The number of ketones is 1. The first kappa shape index (κ1) is 55.0. The minimum absolute atomic E-state index is 0.0995. The van der Waals surface area contributed by atoms with Gasteiger partial charge in [-0.15, -0.1) is 11.8 Å². The number of thioether (sulfide) groups is 1. The number of aliphatic hydroxyl groups is 2. The van der Waals surface area contributed by atoms with E-state index in [0.717, 1.165) is 17.1 Å². The summed E-state index contributed by atoms with van der Waals surface area (Å²) < 4.78 is 51.5. The van der Waals surface area contributed by atoms with Crippen LogP contribution < -0.4 is 5.32 Å². The third-order valence-corrected chi connectivity index (χ3v) is 16.8. The van der Waals surface area contributed by atoms with Crippen LogP contribution in [0.5, 0.6) is 0 Å². The lowest BCUT2D eigenvalue weighted by Gasteiger charge is -2.50. The lowest BCUT2D eigenvalue weighted by Crippen LogP contribution is -2.61. The van der Waals surface area contributed by atoms with Crippen LogP contribution in [0.3, 0.4) is 0 Å². The number of carbonyl (C=O) groups is 4. The standard InChI is InChI=1S/C51H77N3O14S/c1-15-35-51(10)38(43(47(60)68-51)69-25-36(55)53-33-20-16-18-32-19-17-21-52-39(32)33)28(4)40(56)26(2)23-50(9,62-14)45(67-48-41(57)34(54(11)12)22-27(3)63-48)29(5)42(30(6)46(59)65-35)66-37-24-49(8,61-13)44(58)31(7)64-37/h16-21,26-31,34-35,37-38,41-45,48,57-58H,15,22-25H2,1-14H3,(H,53,55)/t26-,27-,28+,29+,30-,31-,34+,35-,37+,38?,41-,42+,43?,44+,45-,48+,49-,50-,51-/m1/s1. The summed E-state index contributed by atoms with van der Waals surface area (Å²) >= 11 is 1.08. The van der Waals surface area contributed by atoms with Gasteiger partial charge in [-0.3, -0.25) is 24.2 Å². The van der Waals surface area contributed by atoms with Gasteiger partial charge in [-0.1, -0.05) is 45.9 Å². The van der Waals surface area contributed by atoms with Gasteiger partial charge >= 0.3 is 11.9 Å². The molecule has 2 unspecified atom stereocenters. The Kier molecular flexibility index (Phi) is 17.7. The van der Waals surface area contributed by atoms with Gasteiger partial charge in [0.2, 0.25) is 5.91 Å². The van der Waals surface area contributed by atoms with Crippen LogP contribution in [0.15, 0.2) is 36.5 Å². The minimum Gasteiger partial charge on any atom is -0.458 e. The largest absolute Gasteiger partial charge is 0.458 e. The zero-order chi connectivity index (χ0) is 50.9. The highest BCUT2D eigenvalue weighted by Crippen LogP contribution is 2.49. The number of fused-ring (bicyclic) bond motifs is 2. The lowest BCUT2D eigenvalue weighted by atomic mass is 9.70. The van der Waals surface area contributed by atoms with E-state index in [1.54, 1.807) is 46.9 Å². The summed E-state index contributed by atoms with van der Waals surface area (Å²) in [5, 5.41) is 25.7. The summed E-state index contributed by atoms with van der Waals surface area (Å²) in [6.07, 6.45) is -5.69. The van der Waals surface area contributed by atoms with Crippen molar-refractivity contribution in [2.24, 2.45) is 29.6 Å². The molecule has 6 rings (SSSR count). The van der Waals surface area contributed by atoms with Crippen molar-refractivity contribution < 1.29 is 67.3 Å². The number of hydrogen-bond acceptors (Lipinski definition) is 17. The number of Topliss-reactive ketones (excluding diaryl/α,β-unsaturated/α-hetero) is 1. The first-order valence-electron chi connectivity index (χ1n) is 24.4. The number of likely N-dealkylation sites (N-methyl/N-ethyl adjacent to an activating group) is 1. The monoisotopic (exact) mass is 988 g/mol. The minimum atomic E-state index is -1.50. The number of pyridine rings is 1. The quantitative estimate of drug-likeness (QED) is 0.223. The normalized spacial score (nSPS) is 41.6. The number of aliphatic hydroxyl groups excluding tert-OH is 2. The number of nitrogens with one attached hydrogen (secondary N) is 1. The van der Waals surface area contributed by atoms with Gasteiger partial charge in [0.05, 0.1) is 58.5 Å². The second-order valence-electron chi connectivity index (χ2n) is 20.8. The average molecular weight is 988 g/mol. The van der Waals surface area contributed by atoms with Gasteiger partial charge < -0.3 is 58.3 Å². The third-order valence-electron chi connectivity index (χ3n) is 15.6. The van der Waals surface area contributed by atoms with Crippen molar-refractivity contribution in [3.05, 3.63) is 36.5 Å². The predicted octanol–water partition coefficient (Wildman–Crippen LogP) is 5.55. The van der Waals surface area contributed by atoms with E-state index in [9.17, 15) is 24.6 Å². The molecule has 4 aliphatic heterocycles. The van der Waals surface area contributed by atoms with E-state index in [1.807, 2.05) is 77.9 Å². The summed E-state index contributed by atoms with van der Waals surface area (Å²) in [6.45, 7) is 17.9. The van der Waals surface area contributed by atoms with Gasteiger partial charge in [0.25, 0.3) is 0 Å². The topological polar surface area (TPSA) is 211 Å². The molecule has 386 valence electrons. The number of carbonyl (C=O) groups excluding carboxylic acids is 4. The first-order valence-corrected chi connectivity index (χ1v) is 25.4. The second-order valence-corrected chi connectivity index (χ2v) is 21.9. The summed E-state index contributed by atoms with van der Waals surface area (Å²) in [6, 6.07) is 8.87. The molecule has 69 heavy (non-hydrogen) atoms. The number of methoxy groups -OCH3 is 2. The van der Waals surface area contributed by atoms with Gasteiger partial charge in [0.15, 0.2) is 18.2 Å². The Morgan fingerprint density at radius 1 is 0.913 bits per heavy atom. The molecule has 18 heteroatoms. The molecule has 0 radical (unpaired) electrons. The maximum atomic E-state index is 15.1. The van der Waals surface area contributed by atoms with Crippen LogP contribution in [0, 0.1) is 29.6 Å². The number of amides is 1.